The molecule has 0 atom stereocenters. The summed E-state index contributed by atoms with van der Waals surface area (Å²) < 4.78 is 27.0. The lowest BCUT2D eigenvalue weighted by molar-refractivity contribution is 0.103. The van der Waals surface area contributed by atoms with E-state index in [0.29, 0.717) is 11.5 Å². The summed E-state index contributed by atoms with van der Waals surface area (Å²) in [7, 11) is 0. The van der Waals surface area contributed by atoms with Crippen molar-refractivity contribution in [3.63, 3.8) is 0 Å². The highest BCUT2D eigenvalue weighted by atomic mass is 19.2. The van der Waals surface area contributed by atoms with Gasteiger partial charge in [0.05, 0.1) is 5.56 Å². The highest BCUT2D eigenvalue weighted by Gasteiger charge is 2.26. The van der Waals surface area contributed by atoms with Gasteiger partial charge >= 0.3 is 0 Å². The van der Waals surface area contributed by atoms with E-state index in [4.69, 9.17) is 0 Å². The minimum Gasteiger partial charge on any atom is -0.288 e. The van der Waals surface area contributed by atoms with Crippen LogP contribution in [0.2, 0.25) is 0 Å². The molecule has 3 rings (SSSR count). The Morgan fingerprint density at radius 2 is 1.65 bits per heavy atom. The highest BCUT2D eigenvalue weighted by molar-refractivity contribution is 6.10. The predicted molar refractivity (Wildman–Crippen MR) is 72.8 cm³/mol. The third-order valence-corrected chi connectivity index (χ3v) is 3.95. The van der Waals surface area contributed by atoms with E-state index in [1.807, 2.05) is 12.1 Å². The van der Waals surface area contributed by atoms with Gasteiger partial charge in [0, 0.05) is 5.56 Å². The minimum atomic E-state index is -1.07. The Balaban J connectivity index is 2.04. The molecule has 102 valence electrons. The van der Waals surface area contributed by atoms with Crippen LogP contribution in [0.3, 0.4) is 0 Å². The van der Waals surface area contributed by atoms with E-state index in [1.165, 1.54) is 12.1 Å². The van der Waals surface area contributed by atoms with E-state index in [-0.39, 0.29) is 5.56 Å². The van der Waals surface area contributed by atoms with Crippen molar-refractivity contribution in [1.82, 2.24) is 0 Å². The van der Waals surface area contributed by atoms with Crippen molar-refractivity contribution < 1.29 is 13.6 Å². The number of hydrogen-bond acceptors (Lipinski definition) is 1. The van der Waals surface area contributed by atoms with Crippen LogP contribution in [0, 0.1) is 11.6 Å². The fraction of sp³-hybridized carbons (Fsp3) is 0.235. The molecule has 1 saturated carbocycles. The molecule has 0 heterocycles. The van der Waals surface area contributed by atoms with E-state index in [2.05, 4.69) is 0 Å². The van der Waals surface area contributed by atoms with Crippen LogP contribution in [0.5, 0.6) is 0 Å². The lowest BCUT2D eigenvalue weighted by Crippen LogP contribution is -2.15. The zero-order chi connectivity index (χ0) is 14.1. The van der Waals surface area contributed by atoms with Crippen LogP contribution >= 0.6 is 0 Å². The maximum absolute atomic E-state index is 13.8. The average molecular weight is 272 g/mol. The first-order chi connectivity index (χ1) is 9.68. The number of carbonyl (C=O) groups excluding carboxylic acids is 1. The van der Waals surface area contributed by atoms with Crippen molar-refractivity contribution >= 4 is 5.78 Å². The van der Waals surface area contributed by atoms with Gasteiger partial charge in [-0.2, -0.15) is 0 Å². The molecule has 2 aromatic rings. The summed E-state index contributed by atoms with van der Waals surface area (Å²) in [6.45, 7) is 0. The zero-order valence-corrected chi connectivity index (χ0v) is 10.9. The van der Waals surface area contributed by atoms with Gasteiger partial charge in [-0.15, -0.1) is 0 Å². The molecule has 0 aromatic heterocycles. The van der Waals surface area contributed by atoms with Gasteiger partial charge in [0.25, 0.3) is 0 Å². The van der Waals surface area contributed by atoms with Gasteiger partial charge in [-0.1, -0.05) is 36.8 Å². The van der Waals surface area contributed by atoms with Crippen molar-refractivity contribution in [3.05, 3.63) is 70.8 Å². The molecular formula is C17H14F2O. The molecule has 3 heteroatoms. The largest absolute Gasteiger partial charge is 0.288 e. The fourth-order valence-electron chi connectivity index (χ4n) is 2.60. The second kappa shape index (κ2) is 5.16. The lowest BCUT2D eigenvalue weighted by Gasteiger charge is -2.27. The zero-order valence-electron chi connectivity index (χ0n) is 10.9. The Kier molecular flexibility index (Phi) is 3.35. The number of carbonyl (C=O) groups is 1. The normalized spacial score (nSPS) is 14.9. The molecule has 0 saturated heterocycles. The predicted octanol–water partition coefficient (Wildman–Crippen LogP) is 4.46. The first-order valence-corrected chi connectivity index (χ1v) is 6.76. The molecule has 1 fully saturated rings. The average Bonchev–Trinajstić information content (AvgIpc) is 2.40. The third kappa shape index (κ3) is 2.13. The van der Waals surface area contributed by atoms with Crippen LogP contribution in [0.25, 0.3) is 0 Å². The molecular weight excluding hydrogens is 258 g/mol. The minimum absolute atomic E-state index is 0.197. The maximum atomic E-state index is 13.8. The molecule has 0 spiro atoms. The summed E-state index contributed by atoms with van der Waals surface area (Å²) in [4.78, 5) is 12.5. The van der Waals surface area contributed by atoms with Crippen molar-refractivity contribution in [2.45, 2.75) is 25.2 Å². The quantitative estimate of drug-likeness (QED) is 0.754. The van der Waals surface area contributed by atoms with Gasteiger partial charge in [-0.25, -0.2) is 8.78 Å². The molecule has 20 heavy (non-hydrogen) atoms. The van der Waals surface area contributed by atoms with Crippen LogP contribution in [-0.4, -0.2) is 5.78 Å². The van der Waals surface area contributed by atoms with Gasteiger partial charge in [0.2, 0.25) is 0 Å². The highest BCUT2D eigenvalue weighted by Crippen LogP contribution is 2.38. The molecule has 0 unspecified atom stereocenters. The fourth-order valence-corrected chi connectivity index (χ4v) is 2.60. The van der Waals surface area contributed by atoms with E-state index in [1.54, 1.807) is 12.1 Å². The number of halogens is 2. The Bertz CT molecular complexity index is 660. The molecule has 0 N–H and O–H groups in total. The summed E-state index contributed by atoms with van der Waals surface area (Å²) in [5.74, 6) is -2.13. The Morgan fingerprint density at radius 3 is 2.35 bits per heavy atom. The number of hydrogen-bond donors (Lipinski definition) is 0. The first-order valence-electron chi connectivity index (χ1n) is 6.76. The maximum Gasteiger partial charge on any atom is 0.196 e. The van der Waals surface area contributed by atoms with Crippen LogP contribution in [0.1, 0.15) is 46.7 Å². The van der Waals surface area contributed by atoms with Crippen LogP contribution in [-0.2, 0) is 0 Å². The van der Waals surface area contributed by atoms with Crippen molar-refractivity contribution in [3.8, 4) is 0 Å². The van der Waals surface area contributed by atoms with Gasteiger partial charge in [-0.3, -0.25) is 4.79 Å². The van der Waals surface area contributed by atoms with Crippen molar-refractivity contribution in [2.24, 2.45) is 0 Å². The number of rotatable bonds is 3. The standard InChI is InChI=1S/C17H14F2O/c18-15-10-4-9-14(16(15)19)17(20)13-8-2-1-7-12(13)11-5-3-6-11/h1-2,4,7-11H,3,5-6H2. The monoisotopic (exact) mass is 272 g/mol. The van der Waals surface area contributed by atoms with Gasteiger partial charge in [0.1, 0.15) is 0 Å². The summed E-state index contributed by atoms with van der Waals surface area (Å²) in [6.07, 6.45) is 3.26. The Hall–Kier alpha value is -2.03. The topological polar surface area (TPSA) is 17.1 Å². The molecule has 0 bridgehead atoms. The molecule has 0 radical (unpaired) electrons. The number of benzene rings is 2. The summed E-state index contributed by atoms with van der Waals surface area (Å²) >= 11 is 0. The molecule has 1 aliphatic rings. The lowest BCUT2D eigenvalue weighted by atomic mass is 9.77. The third-order valence-electron chi connectivity index (χ3n) is 3.95. The van der Waals surface area contributed by atoms with Crippen LogP contribution in [0.4, 0.5) is 8.78 Å². The SMILES string of the molecule is O=C(c1ccccc1C1CCC1)c1cccc(F)c1F. The molecule has 0 amide bonds. The molecule has 1 nitrogen and oxygen atoms in total. The van der Waals surface area contributed by atoms with Crippen LogP contribution < -0.4 is 0 Å². The summed E-state index contributed by atoms with van der Waals surface area (Å²) in [5, 5.41) is 0. The van der Waals surface area contributed by atoms with Crippen molar-refractivity contribution in [1.29, 1.82) is 0 Å². The first kappa shape index (κ1) is 13.0. The van der Waals surface area contributed by atoms with E-state index < -0.39 is 17.4 Å². The van der Waals surface area contributed by atoms with E-state index in [0.717, 1.165) is 30.9 Å². The smallest absolute Gasteiger partial charge is 0.196 e. The second-order valence-corrected chi connectivity index (χ2v) is 5.15. The number of ketones is 1. The second-order valence-electron chi connectivity index (χ2n) is 5.15. The van der Waals surface area contributed by atoms with Crippen LogP contribution in [0.15, 0.2) is 42.5 Å². The molecule has 0 aliphatic heterocycles. The Labute approximate surface area is 116 Å². The van der Waals surface area contributed by atoms with E-state index in [9.17, 15) is 13.6 Å². The van der Waals surface area contributed by atoms with Gasteiger partial charge in [-0.05, 0) is 36.5 Å². The van der Waals surface area contributed by atoms with E-state index >= 15 is 0 Å². The summed E-state index contributed by atoms with van der Waals surface area (Å²) in [5.41, 5.74) is 1.24. The Morgan fingerprint density at radius 1 is 0.950 bits per heavy atom. The van der Waals surface area contributed by atoms with Crippen molar-refractivity contribution in [2.75, 3.05) is 0 Å². The summed E-state index contributed by atoms with van der Waals surface area (Å²) in [6, 6.07) is 11.0. The molecule has 1 aliphatic carbocycles. The van der Waals surface area contributed by atoms with Gasteiger partial charge in [0.15, 0.2) is 17.4 Å². The molecule has 2 aromatic carbocycles. The van der Waals surface area contributed by atoms with Gasteiger partial charge < -0.3 is 0 Å².